The van der Waals surface area contributed by atoms with Crippen LogP contribution in [0.3, 0.4) is 0 Å². The highest BCUT2D eigenvalue weighted by molar-refractivity contribution is 6.19. The minimum Gasteiger partial charge on any atom is -0.389 e. The lowest BCUT2D eigenvalue weighted by molar-refractivity contribution is 0.198. The van der Waals surface area contributed by atoms with Crippen LogP contribution in [0.2, 0.25) is 0 Å². The maximum Gasteiger partial charge on any atom is 0.0759 e. The van der Waals surface area contributed by atoms with Gasteiger partial charge in [0.25, 0.3) is 0 Å². The second-order valence-electron chi connectivity index (χ2n) is 2.45. The Balaban J connectivity index is 3.41. The van der Waals surface area contributed by atoms with Gasteiger partial charge in [0.1, 0.15) is 0 Å². The van der Waals surface area contributed by atoms with E-state index in [1.165, 1.54) is 0 Å². The molecule has 1 N–H and O–H groups in total. The number of hydrogen-bond donors (Lipinski definition) is 1. The van der Waals surface area contributed by atoms with Gasteiger partial charge < -0.3 is 5.11 Å². The van der Waals surface area contributed by atoms with E-state index in [2.05, 4.69) is 13.5 Å². The Labute approximate surface area is 67.7 Å². The van der Waals surface area contributed by atoms with E-state index in [4.69, 9.17) is 11.6 Å². The molecule has 0 aromatic carbocycles. The van der Waals surface area contributed by atoms with Crippen molar-refractivity contribution < 1.29 is 5.11 Å². The fourth-order valence-electron chi connectivity index (χ4n) is 0.691. The molecule has 60 valence electrons. The largest absolute Gasteiger partial charge is 0.389 e. The first-order valence-electron chi connectivity index (χ1n) is 3.64. The summed E-state index contributed by atoms with van der Waals surface area (Å²) in [6.45, 7) is 5.74. The summed E-state index contributed by atoms with van der Waals surface area (Å²) in [5, 5.41) is 9.26. The summed E-state index contributed by atoms with van der Waals surface area (Å²) in [4.78, 5) is 0. The second kappa shape index (κ2) is 5.75. The van der Waals surface area contributed by atoms with Crippen molar-refractivity contribution in [3.05, 3.63) is 12.2 Å². The highest BCUT2D eigenvalue weighted by Gasteiger charge is 2.05. The molecule has 1 unspecified atom stereocenters. The SMILES string of the molecule is C=C(CCl)C(O)CCCC. The fraction of sp³-hybridized carbons (Fsp3) is 0.750. The van der Waals surface area contributed by atoms with Crippen molar-refractivity contribution in [2.24, 2.45) is 0 Å². The molecule has 1 atom stereocenters. The molecular weight excluding hydrogens is 148 g/mol. The molecule has 0 heterocycles. The summed E-state index contributed by atoms with van der Waals surface area (Å²) >= 11 is 5.47. The molecular formula is C8H15ClO. The zero-order valence-corrected chi connectivity index (χ0v) is 7.19. The predicted octanol–water partition coefficient (Wildman–Crippen LogP) is 2.33. The van der Waals surface area contributed by atoms with E-state index < -0.39 is 6.10 Å². The summed E-state index contributed by atoms with van der Waals surface area (Å²) < 4.78 is 0. The monoisotopic (exact) mass is 162 g/mol. The third-order valence-corrected chi connectivity index (χ3v) is 1.82. The number of aliphatic hydroxyl groups excluding tert-OH is 1. The molecule has 0 saturated carbocycles. The van der Waals surface area contributed by atoms with Crippen LogP contribution in [0.5, 0.6) is 0 Å². The molecule has 0 saturated heterocycles. The topological polar surface area (TPSA) is 20.2 Å². The molecule has 0 aliphatic heterocycles. The summed E-state index contributed by atoms with van der Waals surface area (Å²) in [6.07, 6.45) is 2.55. The normalized spacial score (nSPS) is 13.1. The van der Waals surface area contributed by atoms with Gasteiger partial charge in [-0.25, -0.2) is 0 Å². The summed E-state index contributed by atoms with van der Waals surface area (Å²) in [5.74, 6) is 0.366. The lowest BCUT2D eigenvalue weighted by Crippen LogP contribution is -2.09. The van der Waals surface area contributed by atoms with E-state index >= 15 is 0 Å². The Hall–Kier alpha value is -0.0100. The predicted molar refractivity (Wildman–Crippen MR) is 45.4 cm³/mol. The maximum atomic E-state index is 9.26. The highest BCUT2D eigenvalue weighted by Crippen LogP contribution is 2.09. The van der Waals surface area contributed by atoms with Crippen LogP contribution in [-0.4, -0.2) is 17.1 Å². The molecule has 0 radical (unpaired) electrons. The molecule has 1 nitrogen and oxygen atoms in total. The van der Waals surface area contributed by atoms with Gasteiger partial charge in [-0.2, -0.15) is 0 Å². The number of rotatable bonds is 5. The molecule has 0 aliphatic carbocycles. The van der Waals surface area contributed by atoms with Gasteiger partial charge in [0.15, 0.2) is 0 Å². The first kappa shape index (κ1) is 9.99. The van der Waals surface area contributed by atoms with Crippen molar-refractivity contribution in [3.63, 3.8) is 0 Å². The fourth-order valence-corrected chi connectivity index (χ4v) is 0.869. The van der Waals surface area contributed by atoms with Crippen LogP contribution in [0.15, 0.2) is 12.2 Å². The van der Waals surface area contributed by atoms with Crippen LogP contribution in [0.1, 0.15) is 26.2 Å². The van der Waals surface area contributed by atoms with Crippen LogP contribution in [-0.2, 0) is 0 Å². The molecule has 0 rings (SSSR count). The molecule has 0 amide bonds. The number of alkyl halides is 1. The van der Waals surface area contributed by atoms with Crippen LogP contribution in [0, 0.1) is 0 Å². The lowest BCUT2D eigenvalue weighted by atomic mass is 10.1. The zero-order valence-electron chi connectivity index (χ0n) is 6.44. The van der Waals surface area contributed by atoms with E-state index in [1.807, 2.05) is 0 Å². The molecule has 0 aromatic heterocycles. The van der Waals surface area contributed by atoms with Crippen molar-refractivity contribution in [1.29, 1.82) is 0 Å². The molecule has 0 aliphatic rings. The van der Waals surface area contributed by atoms with Crippen LogP contribution in [0.25, 0.3) is 0 Å². The highest BCUT2D eigenvalue weighted by atomic mass is 35.5. The van der Waals surface area contributed by atoms with Gasteiger partial charge >= 0.3 is 0 Å². The zero-order chi connectivity index (χ0) is 7.98. The number of hydrogen-bond acceptors (Lipinski definition) is 1. The summed E-state index contributed by atoms with van der Waals surface area (Å²) in [6, 6.07) is 0. The Morgan fingerprint density at radius 1 is 1.70 bits per heavy atom. The third-order valence-electron chi connectivity index (χ3n) is 1.47. The van der Waals surface area contributed by atoms with Gasteiger partial charge in [-0.15, -0.1) is 11.6 Å². The van der Waals surface area contributed by atoms with Crippen molar-refractivity contribution in [2.45, 2.75) is 32.3 Å². The average Bonchev–Trinajstić information content (AvgIpc) is 1.98. The Bertz CT molecular complexity index is 101. The second-order valence-corrected chi connectivity index (χ2v) is 2.72. The quantitative estimate of drug-likeness (QED) is 0.486. The van der Waals surface area contributed by atoms with Gasteiger partial charge in [0.05, 0.1) is 6.10 Å². The van der Waals surface area contributed by atoms with Gasteiger partial charge in [0.2, 0.25) is 0 Å². The first-order valence-corrected chi connectivity index (χ1v) is 4.17. The molecule has 10 heavy (non-hydrogen) atoms. The van der Waals surface area contributed by atoms with E-state index in [0.717, 1.165) is 24.8 Å². The summed E-state index contributed by atoms with van der Waals surface area (Å²) in [5.41, 5.74) is 0.732. The van der Waals surface area contributed by atoms with Crippen molar-refractivity contribution in [3.8, 4) is 0 Å². The van der Waals surface area contributed by atoms with Crippen LogP contribution in [0.4, 0.5) is 0 Å². The molecule has 0 spiro atoms. The number of aliphatic hydroxyl groups is 1. The van der Waals surface area contributed by atoms with Crippen LogP contribution < -0.4 is 0 Å². The van der Waals surface area contributed by atoms with Crippen molar-refractivity contribution >= 4 is 11.6 Å². The van der Waals surface area contributed by atoms with Crippen molar-refractivity contribution in [1.82, 2.24) is 0 Å². The number of halogens is 1. The first-order chi connectivity index (χ1) is 4.72. The van der Waals surface area contributed by atoms with Gasteiger partial charge in [-0.3, -0.25) is 0 Å². The van der Waals surface area contributed by atoms with E-state index in [-0.39, 0.29) is 0 Å². The maximum absolute atomic E-state index is 9.26. The Morgan fingerprint density at radius 2 is 2.30 bits per heavy atom. The standard InChI is InChI=1S/C8H15ClO/c1-3-4-5-8(10)7(2)6-9/h8,10H,2-6H2,1H3. The van der Waals surface area contributed by atoms with Gasteiger partial charge in [0, 0.05) is 5.88 Å². The third kappa shape index (κ3) is 3.91. The molecule has 0 aromatic rings. The molecule has 0 bridgehead atoms. The lowest BCUT2D eigenvalue weighted by Gasteiger charge is -2.09. The minimum atomic E-state index is -0.391. The summed E-state index contributed by atoms with van der Waals surface area (Å²) in [7, 11) is 0. The van der Waals surface area contributed by atoms with Crippen molar-refractivity contribution in [2.75, 3.05) is 5.88 Å². The van der Waals surface area contributed by atoms with Gasteiger partial charge in [-0.1, -0.05) is 26.3 Å². The van der Waals surface area contributed by atoms with E-state index in [9.17, 15) is 5.11 Å². The van der Waals surface area contributed by atoms with E-state index in [1.54, 1.807) is 0 Å². The Kier molecular flexibility index (Phi) is 5.74. The Morgan fingerprint density at radius 3 is 2.70 bits per heavy atom. The van der Waals surface area contributed by atoms with E-state index in [0.29, 0.717) is 5.88 Å². The minimum absolute atomic E-state index is 0.366. The molecule has 0 fully saturated rings. The number of unbranched alkanes of at least 4 members (excludes halogenated alkanes) is 1. The smallest absolute Gasteiger partial charge is 0.0759 e. The molecule has 2 heteroatoms. The van der Waals surface area contributed by atoms with Gasteiger partial charge in [-0.05, 0) is 12.0 Å². The van der Waals surface area contributed by atoms with Crippen LogP contribution >= 0.6 is 11.6 Å². The average molecular weight is 163 g/mol.